The maximum absolute atomic E-state index is 5.49. The van der Waals surface area contributed by atoms with Gasteiger partial charge in [-0.1, -0.05) is 30.8 Å². The Labute approximate surface area is 115 Å². The average Bonchev–Trinajstić information content (AvgIpc) is 2.93. The summed E-state index contributed by atoms with van der Waals surface area (Å²) in [5, 5.41) is 7.23. The van der Waals surface area contributed by atoms with Crippen LogP contribution >= 0.6 is 0 Å². The molecule has 4 nitrogen and oxygen atoms in total. The van der Waals surface area contributed by atoms with Gasteiger partial charge in [0.05, 0.1) is 0 Å². The zero-order valence-electron chi connectivity index (χ0n) is 11.9. The van der Waals surface area contributed by atoms with Crippen LogP contribution < -0.4 is 5.32 Å². The monoisotopic (exact) mass is 263 g/mol. The summed E-state index contributed by atoms with van der Waals surface area (Å²) in [5.41, 5.74) is 0. The van der Waals surface area contributed by atoms with E-state index in [0.717, 1.165) is 36.5 Å². The van der Waals surface area contributed by atoms with Gasteiger partial charge in [0.1, 0.15) is 0 Å². The fraction of sp³-hybridized carbons (Fsp3) is 0.867. The van der Waals surface area contributed by atoms with Gasteiger partial charge >= 0.3 is 0 Å². The van der Waals surface area contributed by atoms with Crippen molar-refractivity contribution in [3.05, 3.63) is 11.7 Å². The van der Waals surface area contributed by atoms with Crippen molar-refractivity contribution in [2.24, 2.45) is 11.8 Å². The van der Waals surface area contributed by atoms with Gasteiger partial charge in [-0.2, -0.15) is 4.98 Å². The van der Waals surface area contributed by atoms with E-state index in [-0.39, 0.29) is 0 Å². The van der Waals surface area contributed by atoms with E-state index in [4.69, 9.17) is 4.52 Å². The van der Waals surface area contributed by atoms with Crippen LogP contribution in [-0.2, 0) is 6.42 Å². The van der Waals surface area contributed by atoms with Gasteiger partial charge < -0.3 is 9.84 Å². The molecule has 3 atom stereocenters. The van der Waals surface area contributed by atoms with E-state index < -0.39 is 0 Å². The van der Waals surface area contributed by atoms with Crippen LogP contribution in [0.15, 0.2) is 4.52 Å². The number of aromatic nitrogens is 2. The summed E-state index contributed by atoms with van der Waals surface area (Å²) in [4.78, 5) is 4.59. The highest BCUT2D eigenvalue weighted by atomic mass is 16.5. The third-order valence-electron chi connectivity index (χ3n) is 4.97. The molecule has 0 radical (unpaired) electrons. The molecule has 1 aromatic rings. The lowest BCUT2D eigenvalue weighted by Crippen LogP contribution is -2.27. The largest absolute Gasteiger partial charge is 0.339 e. The highest BCUT2D eigenvalue weighted by Gasteiger charge is 2.34. The molecule has 0 aliphatic heterocycles. The Morgan fingerprint density at radius 1 is 1.16 bits per heavy atom. The Morgan fingerprint density at radius 2 is 2.00 bits per heavy atom. The lowest BCUT2D eigenvalue weighted by Gasteiger charge is -2.38. The van der Waals surface area contributed by atoms with Crippen LogP contribution in [0, 0.1) is 11.8 Å². The number of hydrogen-bond donors (Lipinski definition) is 1. The summed E-state index contributed by atoms with van der Waals surface area (Å²) in [7, 11) is 1.95. The van der Waals surface area contributed by atoms with Gasteiger partial charge in [-0.25, -0.2) is 0 Å². The van der Waals surface area contributed by atoms with E-state index in [1.165, 1.54) is 44.9 Å². The van der Waals surface area contributed by atoms with Gasteiger partial charge in [0.15, 0.2) is 5.82 Å². The van der Waals surface area contributed by atoms with Gasteiger partial charge in [-0.05, 0) is 38.1 Å². The second-order valence-electron chi connectivity index (χ2n) is 6.22. The molecule has 0 amide bonds. The minimum absolute atomic E-state index is 0.523. The molecule has 0 bridgehead atoms. The molecule has 0 aromatic carbocycles. The molecular weight excluding hydrogens is 238 g/mol. The van der Waals surface area contributed by atoms with Crippen molar-refractivity contribution >= 4 is 0 Å². The van der Waals surface area contributed by atoms with Crippen LogP contribution in [0.25, 0.3) is 0 Å². The first kappa shape index (κ1) is 13.1. The highest BCUT2D eigenvalue weighted by molar-refractivity contribution is 4.99. The van der Waals surface area contributed by atoms with Crippen LogP contribution in [0.2, 0.25) is 0 Å². The van der Waals surface area contributed by atoms with Crippen molar-refractivity contribution in [1.29, 1.82) is 0 Å². The van der Waals surface area contributed by atoms with E-state index >= 15 is 0 Å². The first-order valence-corrected chi connectivity index (χ1v) is 7.84. The molecule has 2 fully saturated rings. The van der Waals surface area contributed by atoms with Crippen molar-refractivity contribution in [3.8, 4) is 0 Å². The zero-order chi connectivity index (χ0) is 13.1. The molecule has 4 heteroatoms. The maximum atomic E-state index is 5.49. The van der Waals surface area contributed by atoms with Crippen molar-refractivity contribution < 1.29 is 4.52 Å². The summed E-state index contributed by atoms with van der Waals surface area (Å²) in [5.74, 6) is 4.18. The van der Waals surface area contributed by atoms with Crippen LogP contribution in [0.3, 0.4) is 0 Å². The van der Waals surface area contributed by atoms with Crippen molar-refractivity contribution in [3.63, 3.8) is 0 Å². The Kier molecular flexibility index (Phi) is 4.16. The molecule has 19 heavy (non-hydrogen) atoms. The predicted molar refractivity (Wildman–Crippen MR) is 74.0 cm³/mol. The molecule has 2 aliphatic carbocycles. The number of nitrogens with zero attached hydrogens (tertiary/aromatic N) is 2. The van der Waals surface area contributed by atoms with Gasteiger partial charge in [-0.15, -0.1) is 0 Å². The summed E-state index contributed by atoms with van der Waals surface area (Å²) >= 11 is 0. The lowest BCUT2D eigenvalue weighted by molar-refractivity contribution is 0.142. The second-order valence-corrected chi connectivity index (χ2v) is 6.22. The molecule has 0 saturated heterocycles. The van der Waals surface area contributed by atoms with Crippen molar-refractivity contribution in [2.75, 3.05) is 13.6 Å². The molecule has 3 rings (SSSR count). The maximum Gasteiger partial charge on any atom is 0.229 e. The average molecular weight is 263 g/mol. The van der Waals surface area contributed by atoms with Crippen molar-refractivity contribution in [1.82, 2.24) is 15.5 Å². The fourth-order valence-electron chi connectivity index (χ4n) is 3.87. The predicted octanol–water partition coefficient (Wildman–Crippen LogP) is 2.91. The third-order valence-corrected chi connectivity index (χ3v) is 4.97. The smallest absolute Gasteiger partial charge is 0.229 e. The van der Waals surface area contributed by atoms with E-state index in [2.05, 4.69) is 15.5 Å². The number of likely N-dealkylation sites (N-methyl/N-ethyl adjacent to an activating group) is 1. The first-order valence-electron chi connectivity index (χ1n) is 7.84. The first-order chi connectivity index (χ1) is 9.36. The Bertz CT molecular complexity index is 404. The van der Waals surface area contributed by atoms with Gasteiger partial charge in [-0.3, -0.25) is 0 Å². The molecule has 1 N–H and O–H groups in total. The standard InChI is InChI=1S/C15H25N3O/c1-16-9-8-14-17-15(19-18-14)13-7-6-11-4-2-3-5-12(11)10-13/h11-13,16H,2-10H2,1H3. The number of rotatable bonds is 4. The van der Waals surface area contributed by atoms with Crippen LogP contribution in [0.5, 0.6) is 0 Å². The minimum Gasteiger partial charge on any atom is -0.339 e. The second kappa shape index (κ2) is 6.04. The molecule has 2 aliphatic rings. The number of fused-ring (bicyclic) bond motifs is 1. The minimum atomic E-state index is 0.523. The van der Waals surface area contributed by atoms with E-state index in [0.29, 0.717) is 5.92 Å². The number of hydrogen-bond acceptors (Lipinski definition) is 4. The fourth-order valence-corrected chi connectivity index (χ4v) is 3.87. The number of nitrogens with one attached hydrogen (secondary N) is 1. The molecular formula is C15H25N3O. The van der Waals surface area contributed by atoms with E-state index in [1.54, 1.807) is 0 Å². The topological polar surface area (TPSA) is 51.0 Å². The Balaban J connectivity index is 1.61. The molecule has 0 spiro atoms. The van der Waals surface area contributed by atoms with Crippen LogP contribution in [0.1, 0.15) is 62.6 Å². The van der Waals surface area contributed by atoms with Gasteiger partial charge in [0, 0.05) is 18.9 Å². The SMILES string of the molecule is CNCCc1noc(C2CCC3CCCCC3C2)n1. The highest BCUT2D eigenvalue weighted by Crippen LogP contribution is 2.45. The Morgan fingerprint density at radius 3 is 2.84 bits per heavy atom. The summed E-state index contributed by atoms with van der Waals surface area (Å²) in [6.07, 6.45) is 10.5. The lowest BCUT2D eigenvalue weighted by atomic mass is 9.67. The normalized spacial score (nSPS) is 31.1. The third kappa shape index (κ3) is 2.99. The van der Waals surface area contributed by atoms with Gasteiger partial charge in [0.25, 0.3) is 0 Å². The molecule has 1 aromatic heterocycles. The molecule has 1 heterocycles. The summed E-state index contributed by atoms with van der Waals surface area (Å²) < 4.78 is 5.49. The summed E-state index contributed by atoms with van der Waals surface area (Å²) in [6, 6.07) is 0. The van der Waals surface area contributed by atoms with Crippen LogP contribution in [-0.4, -0.2) is 23.7 Å². The Hall–Kier alpha value is -0.900. The van der Waals surface area contributed by atoms with Crippen molar-refractivity contribution in [2.45, 2.75) is 57.3 Å². The molecule has 106 valence electrons. The summed E-state index contributed by atoms with van der Waals surface area (Å²) in [6.45, 7) is 0.911. The zero-order valence-corrected chi connectivity index (χ0v) is 11.9. The van der Waals surface area contributed by atoms with Crippen LogP contribution in [0.4, 0.5) is 0 Å². The molecule has 2 saturated carbocycles. The van der Waals surface area contributed by atoms with Gasteiger partial charge in [0.2, 0.25) is 5.89 Å². The molecule has 3 unspecified atom stereocenters. The quantitative estimate of drug-likeness (QED) is 0.907. The van der Waals surface area contributed by atoms with E-state index in [1.807, 2.05) is 7.05 Å². The van der Waals surface area contributed by atoms with E-state index in [9.17, 15) is 0 Å².